The number of ether oxygens (including phenoxy) is 1. The number of rotatable bonds is 5. The molecule has 170 valence electrons. The summed E-state index contributed by atoms with van der Waals surface area (Å²) in [5.74, 6) is -0.435. The number of piperazine rings is 1. The summed E-state index contributed by atoms with van der Waals surface area (Å²) in [7, 11) is 1.35. The molecule has 2 aromatic carbocycles. The topological polar surface area (TPSA) is 92.3 Å². The quantitative estimate of drug-likeness (QED) is 0.302. The third-order valence-corrected chi connectivity index (χ3v) is 6.84. The molecule has 0 amide bonds. The second-order valence-electron chi connectivity index (χ2n) is 7.88. The highest BCUT2D eigenvalue weighted by Crippen LogP contribution is 2.44. The Kier molecular flexibility index (Phi) is 6.17. The fourth-order valence-electron chi connectivity index (χ4n) is 4.17. The molecule has 33 heavy (non-hydrogen) atoms. The van der Waals surface area contributed by atoms with Gasteiger partial charge in [-0.25, -0.2) is 4.79 Å². The molecule has 5 rings (SSSR count). The molecule has 0 bridgehead atoms. The lowest BCUT2D eigenvalue weighted by atomic mass is 10.0. The molecule has 0 aliphatic carbocycles. The molecule has 1 fully saturated rings. The van der Waals surface area contributed by atoms with Crippen LogP contribution in [-0.2, 0) is 14.4 Å². The van der Waals surface area contributed by atoms with E-state index in [0.717, 1.165) is 48.9 Å². The van der Waals surface area contributed by atoms with Crippen LogP contribution in [0.5, 0.6) is 0 Å². The van der Waals surface area contributed by atoms with Gasteiger partial charge in [0.15, 0.2) is 0 Å². The van der Waals surface area contributed by atoms with Crippen molar-refractivity contribution >= 4 is 39.8 Å². The molecular weight excluding hydrogens is 440 g/mol. The minimum Gasteiger partial charge on any atom is -0.465 e. The number of oxime groups is 1. The smallest absolute Gasteiger partial charge is 0.337 e. The summed E-state index contributed by atoms with van der Waals surface area (Å²) in [5.41, 5.74) is 4.40. The van der Waals surface area contributed by atoms with E-state index in [1.54, 1.807) is 18.2 Å². The van der Waals surface area contributed by atoms with Gasteiger partial charge in [-0.1, -0.05) is 23.4 Å². The third-order valence-electron chi connectivity index (χ3n) is 5.87. The van der Waals surface area contributed by atoms with Gasteiger partial charge < -0.3 is 20.2 Å². The number of methoxy groups -OCH3 is 1. The number of thioether (sulfide) groups is 1. The number of hydrogen-bond acceptors (Lipinski definition) is 9. The summed E-state index contributed by atoms with van der Waals surface area (Å²) < 4.78 is 4.88. The average Bonchev–Trinajstić information content (AvgIpc) is 3.37. The Morgan fingerprint density at radius 1 is 1.15 bits per heavy atom. The van der Waals surface area contributed by atoms with Crippen molar-refractivity contribution in [3.63, 3.8) is 0 Å². The number of benzene rings is 2. The molecule has 2 N–H and O–H groups in total. The van der Waals surface area contributed by atoms with E-state index in [1.807, 2.05) is 24.3 Å². The molecule has 3 heterocycles. The molecule has 2 aromatic rings. The predicted octanol–water partition coefficient (Wildman–Crippen LogP) is 2.57. The number of fused-ring (bicyclic) bond motifs is 2. The molecule has 0 unspecified atom stereocenters. The number of esters is 1. The first-order valence-corrected chi connectivity index (χ1v) is 11.7. The van der Waals surface area contributed by atoms with Crippen molar-refractivity contribution in [3.8, 4) is 0 Å². The van der Waals surface area contributed by atoms with Gasteiger partial charge in [0.1, 0.15) is 12.3 Å². The minimum absolute atomic E-state index is 0.0479. The van der Waals surface area contributed by atoms with E-state index in [4.69, 9.17) is 9.57 Å². The van der Waals surface area contributed by atoms with Crippen LogP contribution in [0.1, 0.15) is 21.5 Å². The van der Waals surface area contributed by atoms with Gasteiger partial charge in [0.2, 0.25) is 5.12 Å². The zero-order valence-corrected chi connectivity index (χ0v) is 19.0. The summed E-state index contributed by atoms with van der Waals surface area (Å²) in [6.45, 7) is 5.09. The molecule has 3 aliphatic heterocycles. The summed E-state index contributed by atoms with van der Waals surface area (Å²) in [6.07, 6.45) is 0. The van der Waals surface area contributed by atoms with Gasteiger partial charge in [0, 0.05) is 54.4 Å². The van der Waals surface area contributed by atoms with Gasteiger partial charge >= 0.3 is 5.97 Å². The van der Waals surface area contributed by atoms with Crippen LogP contribution in [0.15, 0.2) is 58.2 Å². The van der Waals surface area contributed by atoms with Crippen LogP contribution in [0.25, 0.3) is 5.57 Å². The number of carbonyl (C=O) groups excluding carboxylic acids is 2. The fourth-order valence-corrected chi connectivity index (χ4v) is 5.11. The zero-order chi connectivity index (χ0) is 22.8. The fraction of sp³-hybridized carbons (Fsp3) is 0.292. The van der Waals surface area contributed by atoms with Gasteiger partial charge in [-0.05, 0) is 36.0 Å². The predicted molar refractivity (Wildman–Crippen MR) is 127 cm³/mol. The average molecular weight is 465 g/mol. The molecule has 3 aliphatic rings. The number of hydrogen-bond donors (Lipinski definition) is 2. The van der Waals surface area contributed by atoms with Crippen molar-refractivity contribution < 1.29 is 19.2 Å². The standard InChI is InChI=1S/C24H24N4O4S/c1-31-23(29)15-6-7-18-17(14-15)21(27-32-13-12-28-10-8-25-9-11-28)22(26-18)20-16-4-2-3-5-19(16)33-24(20)30/h2-7,14,25-26H,8-13H2,1H3/b22-20-,27-21+. The number of allylic oxidation sites excluding steroid dienone is 1. The van der Waals surface area contributed by atoms with Crippen LogP contribution in [0.2, 0.25) is 0 Å². The first-order valence-electron chi connectivity index (χ1n) is 10.8. The van der Waals surface area contributed by atoms with Crippen LogP contribution >= 0.6 is 11.8 Å². The molecule has 9 heteroatoms. The highest BCUT2D eigenvalue weighted by molar-refractivity contribution is 8.15. The molecule has 0 spiro atoms. The van der Waals surface area contributed by atoms with Gasteiger partial charge in [0.25, 0.3) is 0 Å². The van der Waals surface area contributed by atoms with Crippen molar-refractivity contribution in [2.24, 2.45) is 5.16 Å². The highest BCUT2D eigenvalue weighted by atomic mass is 32.2. The molecule has 0 radical (unpaired) electrons. The Labute approximate surface area is 196 Å². The highest BCUT2D eigenvalue weighted by Gasteiger charge is 2.35. The van der Waals surface area contributed by atoms with Gasteiger partial charge in [-0.15, -0.1) is 0 Å². The first-order chi connectivity index (χ1) is 16.2. The van der Waals surface area contributed by atoms with Crippen LogP contribution in [0.4, 0.5) is 5.69 Å². The SMILES string of the molecule is COC(=O)c1ccc2c(c1)C(=N\OCCN1CCNCC1)/C(=C1/C(=O)Sc3ccccc31)N2. The molecule has 0 atom stereocenters. The summed E-state index contributed by atoms with van der Waals surface area (Å²) >= 11 is 1.21. The van der Waals surface area contributed by atoms with Crippen molar-refractivity contribution in [2.45, 2.75) is 4.90 Å². The summed E-state index contributed by atoms with van der Waals surface area (Å²) in [4.78, 5) is 34.0. The van der Waals surface area contributed by atoms with E-state index in [-0.39, 0.29) is 5.12 Å². The Morgan fingerprint density at radius 2 is 1.97 bits per heavy atom. The third kappa shape index (κ3) is 4.27. The van der Waals surface area contributed by atoms with E-state index >= 15 is 0 Å². The van der Waals surface area contributed by atoms with Gasteiger partial charge in [-0.3, -0.25) is 9.69 Å². The number of carbonyl (C=O) groups is 2. The van der Waals surface area contributed by atoms with Crippen LogP contribution in [0, 0.1) is 0 Å². The molecule has 0 saturated carbocycles. The van der Waals surface area contributed by atoms with Crippen LogP contribution < -0.4 is 10.6 Å². The maximum Gasteiger partial charge on any atom is 0.337 e. The largest absolute Gasteiger partial charge is 0.465 e. The Bertz CT molecular complexity index is 1170. The normalized spacial score (nSPS) is 21.0. The van der Waals surface area contributed by atoms with Crippen molar-refractivity contribution in [2.75, 3.05) is 51.8 Å². The summed E-state index contributed by atoms with van der Waals surface area (Å²) in [6, 6.07) is 12.9. The molecule has 1 saturated heterocycles. The van der Waals surface area contributed by atoms with E-state index in [0.29, 0.717) is 34.7 Å². The first kappa shape index (κ1) is 21.7. The van der Waals surface area contributed by atoms with Gasteiger partial charge in [-0.2, -0.15) is 0 Å². The molecule has 0 aromatic heterocycles. The van der Waals surface area contributed by atoms with E-state index in [2.05, 4.69) is 20.7 Å². The van der Waals surface area contributed by atoms with Crippen LogP contribution in [-0.4, -0.2) is 68.1 Å². The monoisotopic (exact) mass is 464 g/mol. The Hall–Kier alpha value is -3.14. The number of nitrogens with one attached hydrogen (secondary N) is 2. The lowest BCUT2D eigenvalue weighted by Crippen LogP contribution is -2.44. The van der Waals surface area contributed by atoms with E-state index in [9.17, 15) is 9.59 Å². The lowest BCUT2D eigenvalue weighted by molar-refractivity contribution is -0.106. The summed E-state index contributed by atoms with van der Waals surface area (Å²) in [5, 5.41) is 11.1. The van der Waals surface area contributed by atoms with Crippen molar-refractivity contribution in [3.05, 3.63) is 64.9 Å². The van der Waals surface area contributed by atoms with Crippen molar-refractivity contribution in [1.82, 2.24) is 10.2 Å². The number of nitrogens with zero attached hydrogens (tertiary/aromatic N) is 2. The molecule has 8 nitrogen and oxygen atoms in total. The van der Waals surface area contributed by atoms with Crippen LogP contribution in [0.3, 0.4) is 0 Å². The lowest BCUT2D eigenvalue weighted by Gasteiger charge is -2.26. The Morgan fingerprint density at radius 3 is 2.79 bits per heavy atom. The van der Waals surface area contributed by atoms with Crippen molar-refractivity contribution in [1.29, 1.82) is 0 Å². The maximum atomic E-state index is 13.0. The second-order valence-corrected chi connectivity index (χ2v) is 8.89. The van der Waals surface area contributed by atoms with E-state index in [1.165, 1.54) is 18.9 Å². The van der Waals surface area contributed by atoms with Gasteiger partial charge in [0.05, 0.1) is 23.9 Å². The Balaban J connectivity index is 1.50. The maximum absolute atomic E-state index is 13.0. The second kappa shape index (κ2) is 9.38. The molecular formula is C24H24N4O4S. The zero-order valence-electron chi connectivity index (χ0n) is 18.2. The van der Waals surface area contributed by atoms with E-state index < -0.39 is 5.97 Å². The minimum atomic E-state index is -0.435. The number of anilines is 1.